The van der Waals surface area contributed by atoms with E-state index in [9.17, 15) is 9.59 Å². The van der Waals surface area contributed by atoms with Gasteiger partial charge in [0.15, 0.2) is 14.1 Å². The van der Waals surface area contributed by atoms with Crippen LogP contribution in [0, 0.1) is 11.8 Å². The topological polar surface area (TPSA) is 52.6 Å². The maximum absolute atomic E-state index is 13.4. The van der Waals surface area contributed by atoms with Gasteiger partial charge >= 0.3 is 5.97 Å². The van der Waals surface area contributed by atoms with E-state index in [1.807, 2.05) is 34.6 Å². The first-order chi connectivity index (χ1) is 12.5. The number of Topliss-reactive ketones (excluding diaryl/α,β-unsaturated/α-hetero) is 1. The second-order valence-electron chi connectivity index (χ2n) is 11.0. The molecule has 4 nitrogen and oxygen atoms in total. The molecule has 28 heavy (non-hydrogen) atoms. The zero-order valence-electron chi connectivity index (χ0n) is 20.0. The lowest BCUT2D eigenvalue weighted by atomic mass is 9.86. The molecule has 1 aliphatic rings. The summed E-state index contributed by atoms with van der Waals surface area (Å²) >= 11 is 0. The Morgan fingerprint density at radius 2 is 1.57 bits per heavy atom. The van der Waals surface area contributed by atoms with E-state index < -0.39 is 25.8 Å². The second kappa shape index (κ2) is 8.82. The Hall–Kier alpha value is -0.943. The maximum Gasteiger partial charge on any atom is 0.317 e. The van der Waals surface area contributed by atoms with Gasteiger partial charge in [-0.25, -0.2) is 0 Å². The van der Waals surface area contributed by atoms with Gasteiger partial charge in [0.1, 0.15) is 11.5 Å². The number of hydrogen-bond donors (Lipinski definition) is 0. The number of allylic oxidation sites excluding steroid dienone is 2. The summed E-state index contributed by atoms with van der Waals surface area (Å²) in [5.74, 6) is -1.55. The summed E-state index contributed by atoms with van der Waals surface area (Å²) in [5, 5.41) is 0.0690. The van der Waals surface area contributed by atoms with Crippen molar-refractivity contribution in [3.8, 4) is 0 Å². The standard InChI is InChI=1S/C23H42O4Si/c1-15-12-13-19(27-28(10,11)23(7,8)9)17(3)20(24)18(14-16(15)2)21(25)26-22(4,5)6/h17-19H,12-14H2,1-11H3/b16-15-/t17-,18-,19+/m1/s1. The third kappa shape index (κ3) is 6.55. The molecule has 0 amide bonds. The van der Waals surface area contributed by atoms with E-state index in [0.717, 1.165) is 18.4 Å². The van der Waals surface area contributed by atoms with E-state index in [1.54, 1.807) is 0 Å². The molecular formula is C23H42O4Si. The van der Waals surface area contributed by atoms with Crippen molar-refractivity contribution in [1.29, 1.82) is 0 Å². The van der Waals surface area contributed by atoms with Gasteiger partial charge in [0, 0.05) is 5.92 Å². The summed E-state index contributed by atoms with van der Waals surface area (Å²) in [6.45, 7) is 22.6. The van der Waals surface area contributed by atoms with E-state index in [-0.39, 0.29) is 22.8 Å². The van der Waals surface area contributed by atoms with Crippen LogP contribution < -0.4 is 0 Å². The Kier molecular flexibility index (Phi) is 7.91. The summed E-state index contributed by atoms with van der Waals surface area (Å²) < 4.78 is 12.3. The lowest BCUT2D eigenvalue weighted by molar-refractivity contribution is -0.163. The molecule has 0 fully saturated rings. The van der Waals surface area contributed by atoms with Gasteiger partial charge in [-0.15, -0.1) is 0 Å². The minimum Gasteiger partial charge on any atom is -0.459 e. The molecule has 0 bridgehead atoms. The van der Waals surface area contributed by atoms with Gasteiger partial charge < -0.3 is 9.16 Å². The molecule has 0 aromatic carbocycles. The van der Waals surface area contributed by atoms with E-state index in [2.05, 4.69) is 40.8 Å². The van der Waals surface area contributed by atoms with E-state index >= 15 is 0 Å². The molecule has 0 saturated heterocycles. The van der Waals surface area contributed by atoms with Crippen LogP contribution in [-0.4, -0.2) is 31.8 Å². The fraction of sp³-hybridized carbons (Fsp3) is 0.826. The highest BCUT2D eigenvalue weighted by Gasteiger charge is 2.43. The molecule has 1 aliphatic carbocycles. The maximum atomic E-state index is 13.4. The monoisotopic (exact) mass is 410 g/mol. The normalized spacial score (nSPS) is 28.4. The number of esters is 1. The third-order valence-corrected chi connectivity index (χ3v) is 10.8. The first-order valence-corrected chi connectivity index (χ1v) is 13.5. The molecule has 3 atom stereocenters. The van der Waals surface area contributed by atoms with Crippen LogP contribution in [0.5, 0.6) is 0 Å². The lowest BCUT2D eigenvalue weighted by Crippen LogP contribution is -2.47. The van der Waals surface area contributed by atoms with Gasteiger partial charge in [-0.2, -0.15) is 0 Å². The van der Waals surface area contributed by atoms with Gasteiger partial charge in [-0.1, -0.05) is 38.8 Å². The van der Waals surface area contributed by atoms with E-state index in [0.29, 0.717) is 6.42 Å². The van der Waals surface area contributed by atoms with Crippen LogP contribution in [0.3, 0.4) is 0 Å². The summed E-state index contributed by atoms with van der Waals surface area (Å²) in [7, 11) is -2.03. The molecule has 0 saturated carbocycles. The van der Waals surface area contributed by atoms with Crippen LogP contribution in [0.15, 0.2) is 11.1 Å². The smallest absolute Gasteiger partial charge is 0.317 e. The van der Waals surface area contributed by atoms with Crippen LogP contribution in [-0.2, 0) is 18.8 Å². The van der Waals surface area contributed by atoms with Gasteiger partial charge in [0.25, 0.3) is 0 Å². The van der Waals surface area contributed by atoms with E-state index in [4.69, 9.17) is 9.16 Å². The Bertz CT molecular complexity index is 619. The zero-order valence-corrected chi connectivity index (χ0v) is 21.0. The Morgan fingerprint density at radius 3 is 2.04 bits per heavy atom. The molecule has 0 heterocycles. The number of ketones is 1. The molecule has 0 aromatic rings. The average Bonchev–Trinajstić information content (AvgIpc) is 2.53. The molecule has 0 aromatic heterocycles. The summed E-state index contributed by atoms with van der Waals surface area (Å²) in [5.41, 5.74) is 1.76. The van der Waals surface area contributed by atoms with Crippen molar-refractivity contribution in [2.45, 2.75) is 111 Å². The molecule has 0 aliphatic heterocycles. The quantitative estimate of drug-likeness (QED) is 0.245. The average molecular weight is 411 g/mol. The van der Waals surface area contributed by atoms with Crippen LogP contribution in [0.4, 0.5) is 0 Å². The Balaban J connectivity index is 3.24. The zero-order chi connectivity index (χ0) is 22.1. The number of hydrogen-bond acceptors (Lipinski definition) is 4. The van der Waals surface area contributed by atoms with Crippen molar-refractivity contribution >= 4 is 20.1 Å². The summed E-state index contributed by atoms with van der Waals surface area (Å²) in [6, 6.07) is 0. The number of carbonyl (C=O) groups excluding carboxylic acids is 2. The minimum absolute atomic E-state index is 0.0491. The first kappa shape index (κ1) is 25.1. The fourth-order valence-corrected chi connectivity index (χ4v) is 4.62. The Labute approximate surface area is 173 Å². The molecule has 0 spiro atoms. The molecule has 1 rings (SSSR count). The largest absolute Gasteiger partial charge is 0.459 e. The number of rotatable bonds is 3. The molecule has 162 valence electrons. The van der Waals surface area contributed by atoms with Crippen LogP contribution in [0.1, 0.15) is 81.6 Å². The van der Waals surface area contributed by atoms with E-state index in [1.165, 1.54) is 5.57 Å². The Morgan fingerprint density at radius 1 is 1.04 bits per heavy atom. The molecule has 0 unspecified atom stereocenters. The molecule has 0 N–H and O–H groups in total. The fourth-order valence-electron chi connectivity index (χ4n) is 3.19. The van der Waals surface area contributed by atoms with Crippen molar-refractivity contribution in [2.24, 2.45) is 11.8 Å². The summed E-state index contributed by atoms with van der Waals surface area (Å²) in [6.07, 6.45) is 1.98. The van der Waals surface area contributed by atoms with Crippen molar-refractivity contribution in [1.82, 2.24) is 0 Å². The number of ether oxygens (including phenoxy) is 1. The van der Waals surface area contributed by atoms with Crippen LogP contribution in [0.25, 0.3) is 0 Å². The van der Waals surface area contributed by atoms with Gasteiger partial charge in [0.2, 0.25) is 0 Å². The number of carbonyl (C=O) groups is 2. The SMILES string of the molecule is C/C1=C(\C)C[C@@H](C(=O)OC(C)(C)C)C(=O)[C@H](C)[C@@H](O[Si](C)(C)C(C)(C)C)CC1. The summed E-state index contributed by atoms with van der Waals surface area (Å²) in [4.78, 5) is 26.2. The predicted octanol–water partition coefficient (Wildman–Crippen LogP) is 6.06. The molecular weight excluding hydrogens is 368 g/mol. The highest BCUT2D eigenvalue weighted by Crippen LogP contribution is 2.40. The van der Waals surface area contributed by atoms with Crippen molar-refractivity contribution in [3.63, 3.8) is 0 Å². The minimum atomic E-state index is -2.03. The van der Waals surface area contributed by atoms with Gasteiger partial charge in [-0.05, 0) is 72.0 Å². The van der Waals surface area contributed by atoms with Crippen LogP contribution >= 0.6 is 0 Å². The second-order valence-corrected chi connectivity index (χ2v) is 15.8. The highest BCUT2D eigenvalue weighted by molar-refractivity contribution is 6.74. The van der Waals surface area contributed by atoms with Gasteiger partial charge in [-0.3, -0.25) is 9.59 Å². The lowest BCUT2D eigenvalue weighted by Gasteiger charge is -2.41. The van der Waals surface area contributed by atoms with Crippen molar-refractivity contribution < 1.29 is 18.8 Å². The van der Waals surface area contributed by atoms with Crippen molar-refractivity contribution in [2.75, 3.05) is 0 Å². The first-order valence-electron chi connectivity index (χ1n) is 10.6. The molecule has 0 radical (unpaired) electrons. The van der Waals surface area contributed by atoms with Crippen molar-refractivity contribution in [3.05, 3.63) is 11.1 Å². The van der Waals surface area contributed by atoms with Crippen LogP contribution in [0.2, 0.25) is 18.1 Å². The third-order valence-electron chi connectivity index (χ3n) is 6.34. The van der Waals surface area contributed by atoms with Gasteiger partial charge in [0.05, 0.1) is 6.10 Å². The highest BCUT2D eigenvalue weighted by atomic mass is 28.4. The predicted molar refractivity (Wildman–Crippen MR) is 118 cm³/mol. The molecule has 5 heteroatoms.